The molecule has 3 aromatic rings. The molecule has 1 saturated heterocycles. The van der Waals surface area contributed by atoms with Gasteiger partial charge >= 0.3 is 6.16 Å². The molecular formula is C29H37FN4O5. The lowest BCUT2D eigenvalue weighted by molar-refractivity contribution is 0.0444. The molecule has 0 saturated carbocycles. The minimum atomic E-state index is -1.24. The molecule has 1 fully saturated rings. The third kappa shape index (κ3) is 6.00. The zero-order valence-electron chi connectivity index (χ0n) is 22.7. The Labute approximate surface area is 226 Å². The van der Waals surface area contributed by atoms with Crippen LogP contribution in [0.25, 0.3) is 11.0 Å². The van der Waals surface area contributed by atoms with Crippen LogP contribution in [0.1, 0.15) is 86.5 Å². The molecule has 39 heavy (non-hydrogen) atoms. The molecule has 2 aliphatic rings. The van der Waals surface area contributed by atoms with Crippen LogP contribution in [0.2, 0.25) is 0 Å². The average Bonchev–Trinajstić information content (AvgIpc) is 3.34. The monoisotopic (exact) mass is 540 g/mol. The lowest BCUT2D eigenvalue weighted by Gasteiger charge is -2.31. The fraction of sp³-hybridized carbons (Fsp3) is 0.586. The van der Waals surface area contributed by atoms with Crippen molar-refractivity contribution in [2.24, 2.45) is 0 Å². The van der Waals surface area contributed by atoms with Crippen LogP contribution in [-0.4, -0.2) is 56.6 Å². The molecule has 0 aliphatic carbocycles. The number of aromatic nitrogens is 3. The van der Waals surface area contributed by atoms with Crippen molar-refractivity contribution in [2.75, 3.05) is 19.6 Å². The lowest BCUT2D eigenvalue weighted by Crippen LogP contribution is -2.38. The Morgan fingerprint density at radius 1 is 1.26 bits per heavy atom. The van der Waals surface area contributed by atoms with Crippen molar-refractivity contribution in [1.29, 1.82) is 0 Å². The first kappa shape index (κ1) is 27.3. The second-order valence-electron chi connectivity index (χ2n) is 10.9. The highest BCUT2D eigenvalue weighted by atomic mass is 19.1. The molecule has 2 aromatic heterocycles. The number of halogens is 1. The third-order valence-corrected chi connectivity index (χ3v) is 8.47. The SMILES string of the molecule is CCC(CCC1CCCn2c1nc(C)c(CCN1CCC(c3noc4cc(F)ccc34)CC1)c2=O)OC(=O)O. The molecule has 0 radical (unpaired) electrons. The van der Waals surface area contributed by atoms with E-state index in [0.29, 0.717) is 31.4 Å². The smallest absolute Gasteiger partial charge is 0.450 e. The van der Waals surface area contributed by atoms with Crippen LogP contribution in [-0.2, 0) is 17.7 Å². The van der Waals surface area contributed by atoms with Gasteiger partial charge in [0, 0.05) is 47.6 Å². The van der Waals surface area contributed by atoms with E-state index in [4.69, 9.17) is 19.4 Å². The summed E-state index contributed by atoms with van der Waals surface area (Å²) in [6.45, 7) is 7.12. The van der Waals surface area contributed by atoms with Crippen LogP contribution in [0.4, 0.5) is 9.18 Å². The van der Waals surface area contributed by atoms with E-state index in [0.717, 1.165) is 79.9 Å². The molecule has 210 valence electrons. The average molecular weight is 541 g/mol. The van der Waals surface area contributed by atoms with Gasteiger partial charge in [-0.1, -0.05) is 12.1 Å². The number of aryl methyl sites for hydroxylation is 1. The lowest BCUT2D eigenvalue weighted by atomic mass is 9.91. The molecule has 5 rings (SSSR count). The number of ether oxygens (including phenoxy) is 1. The number of nitrogens with zero attached hydrogens (tertiary/aromatic N) is 4. The van der Waals surface area contributed by atoms with Crippen LogP contribution in [0, 0.1) is 12.7 Å². The molecule has 1 aromatic carbocycles. The number of hydrogen-bond donors (Lipinski definition) is 1. The summed E-state index contributed by atoms with van der Waals surface area (Å²) in [7, 11) is 0. The van der Waals surface area contributed by atoms with E-state index < -0.39 is 6.16 Å². The van der Waals surface area contributed by atoms with Gasteiger partial charge in [-0.15, -0.1) is 0 Å². The maximum atomic E-state index is 13.5. The van der Waals surface area contributed by atoms with Gasteiger partial charge in [0.2, 0.25) is 0 Å². The second-order valence-corrected chi connectivity index (χ2v) is 10.9. The summed E-state index contributed by atoms with van der Waals surface area (Å²) in [6, 6.07) is 4.58. The van der Waals surface area contributed by atoms with E-state index >= 15 is 0 Å². The minimum Gasteiger partial charge on any atom is -0.450 e. The minimum absolute atomic E-state index is 0.0622. The Hall–Kier alpha value is -3.27. The van der Waals surface area contributed by atoms with Gasteiger partial charge in [0.1, 0.15) is 17.7 Å². The van der Waals surface area contributed by atoms with Gasteiger partial charge in [0.15, 0.2) is 5.58 Å². The number of benzene rings is 1. The van der Waals surface area contributed by atoms with Crippen LogP contribution in [0.15, 0.2) is 27.5 Å². The first-order valence-electron chi connectivity index (χ1n) is 14.1. The van der Waals surface area contributed by atoms with Crippen molar-refractivity contribution >= 4 is 17.1 Å². The van der Waals surface area contributed by atoms with Crippen molar-refractivity contribution in [3.05, 3.63) is 57.1 Å². The Balaban J connectivity index is 1.20. The summed E-state index contributed by atoms with van der Waals surface area (Å²) >= 11 is 0. The first-order chi connectivity index (χ1) is 18.8. The maximum Gasteiger partial charge on any atom is 0.506 e. The van der Waals surface area contributed by atoms with Gasteiger partial charge in [0.25, 0.3) is 5.56 Å². The van der Waals surface area contributed by atoms with Crippen molar-refractivity contribution in [3.63, 3.8) is 0 Å². The summed E-state index contributed by atoms with van der Waals surface area (Å²) in [6.07, 6.45) is 4.82. The van der Waals surface area contributed by atoms with Gasteiger partial charge < -0.3 is 19.3 Å². The zero-order valence-corrected chi connectivity index (χ0v) is 22.7. The summed E-state index contributed by atoms with van der Waals surface area (Å²) in [4.78, 5) is 31.7. The summed E-state index contributed by atoms with van der Waals surface area (Å²) in [5.74, 6) is 0.914. The van der Waals surface area contributed by atoms with Crippen molar-refractivity contribution in [3.8, 4) is 0 Å². The Kier molecular flexibility index (Phi) is 8.30. The molecule has 10 heteroatoms. The highest BCUT2D eigenvalue weighted by Gasteiger charge is 2.28. The Morgan fingerprint density at radius 2 is 2.05 bits per heavy atom. The first-order valence-corrected chi connectivity index (χ1v) is 14.1. The molecule has 2 aliphatic heterocycles. The van der Waals surface area contributed by atoms with E-state index in [1.807, 2.05) is 18.4 Å². The summed E-state index contributed by atoms with van der Waals surface area (Å²) < 4.78 is 25.7. The number of fused-ring (bicyclic) bond motifs is 2. The predicted octanol–water partition coefficient (Wildman–Crippen LogP) is 5.38. The summed E-state index contributed by atoms with van der Waals surface area (Å²) in [5.41, 5.74) is 3.04. The molecule has 9 nitrogen and oxygen atoms in total. The van der Waals surface area contributed by atoms with Crippen LogP contribution < -0.4 is 5.56 Å². The van der Waals surface area contributed by atoms with Crippen molar-refractivity contribution < 1.29 is 23.6 Å². The molecule has 2 atom stereocenters. The quantitative estimate of drug-likeness (QED) is 0.360. The zero-order chi connectivity index (χ0) is 27.5. The van der Waals surface area contributed by atoms with E-state index in [1.54, 1.807) is 6.07 Å². The molecule has 0 spiro atoms. The molecule has 0 amide bonds. The largest absolute Gasteiger partial charge is 0.506 e. The van der Waals surface area contributed by atoms with Crippen LogP contribution in [0.5, 0.6) is 0 Å². The number of rotatable bonds is 9. The molecule has 0 bridgehead atoms. The van der Waals surface area contributed by atoms with Crippen molar-refractivity contribution in [2.45, 2.75) is 89.7 Å². The second kappa shape index (κ2) is 11.9. The normalized spacial score (nSPS) is 19.2. The molecule has 4 heterocycles. The molecular weight excluding hydrogens is 503 g/mol. The highest BCUT2D eigenvalue weighted by Crippen LogP contribution is 2.33. The maximum absolute atomic E-state index is 13.5. The number of carbonyl (C=O) groups is 1. The highest BCUT2D eigenvalue weighted by molar-refractivity contribution is 5.79. The number of carboxylic acid groups (broad SMARTS) is 1. The van der Waals surface area contributed by atoms with Crippen LogP contribution in [0.3, 0.4) is 0 Å². The molecule has 1 N–H and O–H groups in total. The Morgan fingerprint density at radius 3 is 2.79 bits per heavy atom. The number of piperidine rings is 1. The van der Waals surface area contributed by atoms with Gasteiger partial charge in [-0.2, -0.15) is 0 Å². The molecule has 2 unspecified atom stereocenters. The van der Waals surface area contributed by atoms with E-state index in [9.17, 15) is 14.0 Å². The topological polar surface area (TPSA) is 111 Å². The van der Waals surface area contributed by atoms with E-state index in [1.165, 1.54) is 12.1 Å². The number of hydrogen-bond acceptors (Lipinski definition) is 7. The third-order valence-electron chi connectivity index (χ3n) is 8.47. The standard InChI is InChI=1S/C29H37FN4O5/c1-3-22(38-29(36)37)8-6-20-5-4-13-34-27(20)31-18(2)23(28(34)35)12-16-33-14-10-19(11-15-33)26-24-9-7-21(30)17-25(24)39-32-26/h7,9,17,19-20,22H,3-6,8,10-16H2,1-2H3,(H,36,37). The van der Waals surface area contributed by atoms with Gasteiger partial charge in [-0.05, 0) is 83.5 Å². The van der Waals surface area contributed by atoms with E-state index in [-0.39, 0.29) is 29.3 Å². The number of likely N-dealkylation sites (tertiary alicyclic amines) is 1. The van der Waals surface area contributed by atoms with Gasteiger partial charge in [-0.3, -0.25) is 9.36 Å². The van der Waals surface area contributed by atoms with Crippen molar-refractivity contribution in [1.82, 2.24) is 19.6 Å². The summed E-state index contributed by atoms with van der Waals surface area (Å²) in [5, 5.41) is 14.1. The fourth-order valence-electron chi connectivity index (χ4n) is 6.24. The van der Waals surface area contributed by atoms with E-state index in [2.05, 4.69) is 10.1 Å². The van der Waals surface area contributed by atoms with Gasteiger partial charge in [-0.25, -0.2) is 14.2 Å². The Bertz CT molecular complexity index is 1380. The van der Waals surface area contributed by atoms with Gasteiger partial charge in [0.05, 0.1) is 5.69 Å². The fourth-order valence-corrected chi connectivity index (χ4v) is 6.24. The van der Waals surface area contributed by atoms with Crippen LogP contribution >= 0.6 is 0 Å². The predicted molar refractivity (Wildman–Crippen MR) is 144 cm³/mol.